The third kappa shape index (κ3) is 3.98. The number of hydrogen-bond donors (Lipinski definition) is 3. The van der Waals surface area contributed by atoms with E-state index < -0.39 is 17.9 Å². The summed E-state index contributed by atoms with van der Waals surface area (Å²) >= 11 is 0. The Morgan fingerprint density at radius 3 is 2.39 bits per heavy atom. The molecule has 0 saturated heterocycles. The van der Waals surface area contributed by atoms with Crippen LogP contribution in [-0.4, -0.2) is 64.2 Å². The van der Waals surface area contributed by atoms with E-state index in [0.717, 1.165) is 34.9 Å². The Kier molecular flexibility index (Phi) is 6.38. The van der Waals surface area contributed by atoms with Gasteiger partial charge in [-0.2, -0.15) is 0 Å². The monoisotopic (exact) mass is 486 g/mol. The van der Waals surface area contributed by atoms with Gasteiger partial charge in [-0.05, 0) is 25.2 Å². The zero-order valence-corrected chi connectivity index (χ0v) is 20.7. The number of imide groups is 1. The molecule has 1 atom stereocenters. The predicted molar refractivity (Wildman–Crippen MR) is 141 cm³/mol. The third-order valence-corrected chi connectivity index (χ3v) is 6.91. The number of aliphatic hydroxyl groups is 1. The van der Waals surface area contributed by atoms with E-state index in [1.54, 1.807) is 13.3 Å². The van der Waals surface area contributed by atoms with E-state index in [2.05, 4.69) is 29.0 Å². The molecule has 4 aromatic rings. The summed E-state index contributed by atoms with van der Waals surface area (Å²) in [5.74, 6) is -0.233. The van der Waals surface area contributed by atoms with Gasteiger partial charge in [-0.3, -0.25) is 14.9 Å². The topological polar surface area (TPSA) is 99.6 Å². The van der Waals surface area contributed by atoms with E-state index >= 15 is 0 Å². The molecule has 0 aliphatic carbocycles. The maximum atomic E-state index is 13.2. The lowest BCUT2D eigenvalue weighted by Crippen LogP contribution is -2.34. The molecule has 3 heterocycles. The highest BCUT2D eigenvalue weighted by molar-refractivity contribution is 6.50. The van der Waals surface area contributed by atoms with E-state index in [1.807, 2.05) is 53.2 Å². The van der Waals surface area contributed by atoms with Gasteiger partial charge in [0.1, 0.15) is 5.75 Å². The van der Waals surface area contributed by atoms with Crippen molar-refractivity contribution in [1.82, 2.24) is 19.8 Å². The van der Waals surface area contributed by atoms with Crippen molar-refractivity contribution in [3.8, 4) is 5.75 Å². The van der Waals surface area contributed by atoms with Crippen molar-refractivity contribution in [2.45, 2.75) is 26.5 Å². The Morgan fingerprint density at radius 2 is 1.67 bits per heavy atom. The molecule has 8 heteroatoms. The van der Waals surface area contributed by atoms with Crippen LogP contribution < -0.4 is 10.1 Å². The Hall–Kier alpha value is -3.88. The van der Waals surface area contributed by atoms with Crippen LogP contribution in [0.3, 0.4) is 0 Å². The standard InChI is InChI=1S/C28H30N4O4/c1-4-31(5-2)14-17(33)15-32-16-21(19-10-8-12-23(36-3)26(19)32)25-24(27(34)30-28(25)35)20-13-29-22-11-7-6-9-18(20)22/h6-13,16-17,29,33H,4-5,14-15H2,1-3H3,(H,30,34,35). The Labute approximate surface area is 209 Å². The van der Waals surface area contributed by atoms with Crippen LogP contribution in [0.25, 0.3) is 33.0 Å². The van der Waals surface area contributed by atoms with Crippen LogP contribution in [0, 0.1) is 0 Å². The summed E-state index contributed by atoms with van der Waals surface area (Å²) in [7, 11) is 1.60. The number of carbonyl (C=O) groups excluding carboxylic acids is 2. The van der Waals surface area contributed by atoms with Crippen molar-refractivity contribution < 1.29 is 19.4 Å². The van der Waals surface area contributed by atoms with Gasteiger partial charge in [0.05, 0.1) is 29.9 Å². The second-order valence-corrected chi connectivity index (χ2v) is 8.97. The van der Waals surface area contributed by atoms with Crippen molar-refractivity contribution in [2.24, 2.45) is 0 Å². The summed E-state index contributed by atoms with van der Waals surface area (Å²) in [6.07, 6.45) is 2.99. The number of para-hydroxylation sites is 2. The van der Waals surface area contributed by atoms with E-state index in [9.17, 15) is 14.7 Å². The van der Waals surface area contributed by atoms with Gasteiger partial charge >= 0.3 is 0 Å². The molecule has 186 valence electrons. The molecule has 0 radical (unpaired) electrons. The Balaban J connectivity index is 1.69. The van der Waals surface area contributed by atoms with Crippen LogP contribution in [0.2, 0.25) is 0 Å². The molecule has 1 aliphatic rings. The lowest BCUT2D eigenvalue weighted by molar-refractivity contribution is -0.122. The molecule has 3 N–H and O–H groups in total. The molecule has 2 amide bonds. The molecule has 1 aliphatic heterocycles. The lowest BCUT2D eigenvalue weighted by Gasteiger charge is -2.22. The fourth-order valence-corrected chi connectivity index (χ4v) is 5.15. The van der Waals surface area contributed by atoms with Crippen LogP contribution >= 0.6 is 0 Å². The van der Waals surface area contributed by atoms with Crippen molar-refractivity contribution >= 4 is 44.8 Å². The van der Waals surface area contributed by atoms with Crippen LogP contribution in [0.1, 0.15) is 25.0 Å². The average molecular weight is 487 g/mol. The van der Waals surface area contributed by atoms with E-state index in [0.29, 0.717) is 41.1 Å². The average Bonchev–Trinajstić information content (AvgIpc) is 3.55. The molecule has 8 nitrogen and oxygen atoms in total. The molecule has 0 saturated carbocycles. The van der Waals surface area contributed by atoms with Gasteiger partial charge in [0.25, 0.3) is 11.8 Å². The quantitative estimate of drug-likeness (QED) is 0.315. The number of aromatic nitrogens is 2. The van der Waals surface area contributed by atoms with E-state index in [1.165, 1.54) is 0 Å². The first-order valence-corrected chi connectivity index (χ1v) is 12.2. The zero-order valence-electron chi connectivity index (χ0n) is 20.7. The predicted octanol–water partition coefficient (Wildman–Crippen LogP) is 3.40. The molecule has 5 rings (SSSR count). The summed E-state index contributed by atoms with van der Waals surface area (Å²) in [6.45, 7) is 6.67. The van der Waals surface area contributed by atoms with Gasteiger partial charge in [-0.15, -0.1) is 0 Å². The number of likely N-dealkylation sites (N-methyl/N-ethyl adjacent to an activating group) is 1. The highest BCUT2D eigenvalue weighted by Gasteiger charge is 2.35. The number of nitrogens with one attached hydrogen (secondary N) is 2. The van der Waals surface area contributed by atoms with Gasteiger partial charge in [0, 0.05) is 52.9 Å². The van der Waals surface area contributed by atoms with Crippen LogP contribution in [0.4, 0.5) is 0 Å². The van der Waals surface area contributed by atoms with Gasteiger partial charge in [-0.1, -0.05) is 44.2 Å². The number of amides is 2. The Bertz CT molecular complexity index is 1490. The van der Waals surface area contributed by atoms with Gasteiger partial charge < -0.3 is 24.3 Å². The van der Waals surface area contributed by atoms with Gasteiger partial charge in [-0.25, -0.2) is 0 Å². The van der Waals surface area contributed by atoms with Crippen LogP contribution in [0.15, 0.2) is 54.9 Å². The van der Waals surface area contributed by atoms with Crippen LogP contribution in [-0.2, 0) is 16.1 Å². The van der Waals surface area contributed by atoms with Crippen molar-refractivity contribution in [3.05, 3.63) is 66.0 Å². The number of fused-ring (bicyclic) bond motifs is 2. The Morgan fingerprint density at radius 1 is 0.972 bits per heavy atom. The normalized spacial score (nSPS) is 14.9. The second kappa shape index (κ2) is 9.64. The molecule has 36 heavy (non-hydrogen) atoms. The van der Waals surface area contributed by atoms with Crippen LogP contribution in [0.5, 0.6) is 5.75 Å². The largest absolute Gasteiger partial charge is 0.495 e. The number of hydrogen-bond acceptors (Lipinski definition) is 5. The fraction of sp³-hybridized carbons (Fsp3) is 0.286. The number of benzene rings is 2. The number of nitrogens with zero attached hydrogens (tertiary/aromatic N) is 2. The summed E-state index contributed by atoms with van der Waals surface area (Å²) < 4.78 is 7.58. The van der Waals surface area contributed by atoms with Gasteiger partial charge in [0.15, 0.2) is 0 Å². The second-order valence-electron chi connectivity index (χ2n) is 8.97. The van der Waals surface area contributed by atoms with E-state index in [4.69, 9.17) is 4.74 Å². The highest BCUT2D eigenvalue weighted by atomic mass is 16.5. The number of aromatic amines is 1. The first kappa shape index (κ1) is 23.8. The molecule has 0 fully saturated rings. The number of methoxy groups -OCH3 is 1. The van der Waals surface area contributed by atoms with Crippen molar-refractivity contribution in [1.29, 1.82) is 0 Å². The van der Waals surface area contributed by atoms with E-state index in [-0.39, 0.29) is 0 Å². The fourth-order valence-electron chi connectivity index (χ4n) is 5.15. The minimum absolute atomic E-state index is 0.318. The molecule has 1 unspecified atom stereocenters. The SMILES string of the molecule is CCN(CC)CC(O)Cn1cc(C2=C(c3c[nH]c4ccccc34)C(=O)NC2=O)c2cccc(OC)c21. The zero-order chi connectivity index (χ0) is 25.4. The summed E-state index contributed by atoms with van der Waals surface area (Å²) in [5.41, 5.74) is 3.61. The highest BCUT2D eigenvalue weighted by Crippen LogP contribution is 2.40. The summed E-state index contributed by atoms with van der Waals surface area (Å²) in [4.78, 5) is 31.6. The van der Waals surface area contributed by atoms with Gasteiger partial charge in [0.2, 0.25) is 0 Å². The first-order chi connectivity index (χ1) is 17.5. The number of H-pyrrole nitrogens is 1. The molecule has 2 aromatic heterocycles. The first-order valence-electron chi connectivity index (χ1n) is 12.2. The number of ether oxygens (including phenoxy) is 1. The lowest BCUT2D eigenvalue weighted by atomic mass is 9.95. The molecule has 0 spiro atoms. The maximum absolute atomic E-state index is 13.2. The molecule has 2 aromatic carbocycles. The van der Waals surface area contributed by atoms with Crippen molar-refractivity contribution in [2.75, 3.05) is 26.7 Å². The number of aliphatic hydroxyl groups excluding tert-OH is 1. The molecular weight excluding hydrogens is 456 g/mol. The molecule has 0 bridgehead atoms. The minimum Gasteiger partial charge on any atom is -0.495 e. The smallest absolute Gasteiger partial charge is 0.259 e. The number of carbonyl (C=O) groups is 2. The molecular formula is C28H30N4O4. The summed E-state index contributed by atoms with van der Waals surface area (Å²) in [6, 6.07) is 13.3. The third-order valence-electron chi connectivity index (χ3n) is 6.91. The maximum Gasteiger partial charge on any atom is 0.259 e. The number of rotatable bonds is 9. The van der Waals surface area contributed by atoms with Crippen molar-refractivity contribution in [3.63, 3.8) is 0 Å². The summed E-state index contributed by atoms with van der Waals surface area (Å²) in [5, 5.41) is 15.0. The minimum atomic E-state index is -0.626.